The predicted molar refractivity (Wildman–Crippen MR) is 100 cm³/mol. The fourth-order valence-corrected chi connectivity index (χ4v) is 4.64. The van der Waals surface area contributed by atoms with Crippen LogP contribution in [0.5, 0.6) is 0 Å². The number of rotatable bonds is 4. The van der Waals surface area contributed by atoms with Crippen molar-refractivity contribution in [1.82, 2.24) is 0 Å². The van der Waals surface area contributed by atoms with Gasteiger partial charge in [0.05, 0.1) is 11.7 Å². The molecule has 4 nitrogen and oxygen atoms in total. The lowest BCUT2D eigenvalue weighted by atomic mass is 9.84. The fourth-order valence-electron chi connectivity index (χ4n) is 4.64. The molecule has 2 aromatic carbocycles. The second-order valence-electron chi connectivity index (χ2n) is 7.82. The van der Waals surface area contributed by atoms with Crippen molar-refractivity contribution in [2.45, 2.75) is 32.4 Å². The molecule has 4 heteroatoms. The molecular weight excluding hydrogens is 324 g/mol. The number of benzene rings is 2. The van der Waals surface area contributed by atoms with Crippen LogP contribution in [0.4, 0.5) is 5.69 Å². The van der Waals surface area contributed by atoms with Crippen LogP contribution in [-0.4, -0.2) is 17.9 Å². The van der Waals surface area contributed by atoms with Gasteiger partial charge < -0.3 is 5.32 Å². The van der Waals surface area contributed by atoms with Crippen LogP contribution in [0, 0.1) is 17.8 Å². The van der Waals surface area contributed by atoms with E-state index in [0.717, 1.165) is 12.0 Å². The lowest BCUT2D eigenvalue weighted by Crippen LogP contribution is -2.89. The normalized spacial score (nSPS) is 28.0. The van der Waals surface area contributed by atoms with Gasteiger partial charge in [0.15, 0.2) is 0 Å². The average molecular weight is 349 g/mol. The molecule has 0 aliphatic carbocycles. The summed E-state index contributed by atoms with van der Waals surface area (Å²) in [6, 6.07) is 19.6. The number of quaternary nitrogens is 1. The Morgan fingerprint density at radius 3 is 2.08 bits per heavy atom. The number of nitrogens with two attached hydrogens (primary N) is 1. The Morgan fingerprint density at radius 1 is 0.885 bits per heavy atom. The molecule has 0 unspecified atom stereocenters. The third-order valence-electron chi connectivity index (χ3n) is 5.64. The van der Waals surface area contributed by atoms with Gasteiger partial charge in [-0.1, -0.05) is 62.4 Å². The quantitative estimate of drug-likeness (QED) is 0.863. The highest BCUT2D eigenvalue weighted by Crippen LogP contribution is 2.42. The van der Waals surface area contributed by atoms with Crippen molar-refractivity contribution in [3.8, 4) is 0 Å². The molecule has 0 aromatic heterocycles. The summed E-state index contributed by atoms with van der Waals surface area (Å²) < 4.78 is 0. The molecule has 2 heterocycles. The third-order valence-corrected chi connectivity index (χ3v) is 5.64. The van der Waals surface area contributed by atoms with Crippen molar-refractivity contribution in [2.75, 3.05) is 4.90 Å². The number of fused-ring (bicyclic) bond motifs is 1. The highest BCUT2D eigenvalue weighted by Gasteiger charge is 2.62. The van der Waals surface area contributed by atoms with Crippen LogP contribution in [0.1, 0.15) is 31.9 Å². The van der Waals surface area contributed by atoms with Crippen LogP contribution < -0.4 is 10.2 Å². The summed E-state index contributed by atoms with van der Waals surface area (Å²) in [6.07, 6.45) is 0.937. The largest absolute Gasteiger partial charge is 0.336 e. The molecule has 2 saturated heterocycles. The maximum absolute atomic E-state index is 13.3. The molecule has 0 spiro atoms. The Hall–Kier alpha value is -2.46. The predicted octanol–water partition coefficient (Wildman–Crippen LogP) is 2.53. The Kier molecular flexibility index (Phi) is 4.37. The highest BCUT2D eigenvalue weighted by molar-refractivity contribution is 6.22. The highest BCUT2D eigenvalue weighted by atomic mass is 16.2. The second-order valence-corrected chi connectivity index (χ2v) is 7.82. The number of imide groups is 1. The minimum atomic E-state index is -0.283. The van der Waals surface area contributed by atoms with E-state index >= 15 is 0 Å². The molecule has 134 valence electrons. The van der Waals surface area contributed by atoms with Gasteiger partial charge >= 0.3 is 0 Å². The Balaban J connectivity index is 1.74. The van der Waals surface area contributed by atoms with Crippen LogP contribution in [0.15, 0.2) is 60.7 Å². The number of carbonyl (C=O) groups is 2. The first-order valence-corrected chi connectivity index (χ1v) is 9.40. The number of carbonyl (C=O) groups excluding carboxylic acids is 2. The smallest absolute Gasteiger partial charge is 0.244 e. The maximum atomic E-state index is 13.3. The van der Waals surface area contributed by atoms with Gasteiger partial charge in [0.1, 0.15) is 17.9 Å². The number of hydrogen-bond donors (Lipinski definition) is 1. The van der Waals surface area contributed by atoms with E-state index in [9.17, 15) is 9.59 Å². The van der Waals surface area contributed by atoms with Crippen LogP contribution in [0.3, 0.4) is 0 Å². The number of amides is 2. The standard InChI is InChI=1S/C22H24N2O2/c1-14(2)13-17-18-19(20(23-17)15-9-5-3-6-10-15)22(26)24(21(18)25)16-11-7-4-8-12-16/h3-12,14,17-20,23H,13H2,1-2H3/p+1/t17-,18-,19-,20-/m0/s1. The number of anilines is 1. The zero-order valence-electron chi connectivity index (χ0n) is 15.2. The molecule has 0 radical (unpaired) electrons. The van der Waals surface area contributed by atoms with E-state index in [-0.39, 0.29) is 35.7 Å². The van der Waals surface area contributed by atoms with Gasteiger partial charge in [0, 0.05) is 12.0 Å². The van der Waals surface area contributed by atoms with E-state index in [1.807, 2.05) is 48.5 Å². The fraction of sp³-hybridized carbons (Fsp3) is 0.364. The van der Waals surface area contributed by atoms with Gasteiger partial charge in [-0.15, -0.1) is 0 Å². The van der Waals surface area contributed by atoms with E-state index in [4.69, 9.17) is 0 Å². The van der Waals surface area contributed by atoms with Crippen molar-refractivity contribution < 1.29 is 14.9 Å². The van der Waals surface area contributed by atoms with Crippen molar-refractivity contribution in [3.05, 3.63) is 66.2 Å². The van der Waals surface area contributed by atoms with Crippen molar-refractivity contribution >= 4 is 17.5 Å². The number of nitrogens with zero attached hydrogens (tertiary/aromatic N) is 1. The first-order valence-electron chi connectivity index (χ1n) is 9.40. The lowest BCUT2D eigenvalue weighted by molar-refractivity contribution is -0.712. The molecule has 2 aliphatic rings. The summed E-state index contributed by atoms with van der Waals surface area (Å²) in [4.78, 5) is 28.0. The van der Waals surface area contributed by atoms with Crippen molar-refractivity contribution in [3.63, 3.8) is 0 Å². The molecule has 4 rings (SSSR count). The topological polar surface area (TPSA) is 54.0 Å². The van der Waals surface area contributed by atoms with Crippen molar-refractivity contribution in [1.29, 1.82) is 0 Å². The third kappa shape index (κ3) is 2.74. The zero-order chi connectivity index (χ0) is 18.3. The van der Waals surface area contributed by atoms with Crippen molar-refractivity contribution in [2.24, 2.45) is 17.8 Å². The van der Waals surface area contributed by atoms with Gasteiger partial charge in [-0.2, -0.15) is 0 Å². The Labute approximate surface area is 154 Å². The summed E-state index contributed by atoms with van der Waals surface area (Å²) in [7, 11) is 0. The van der Waals surface area contributed by atoms with Crippen LogP contribution in [0.25, 0.3) is 0 Å². The average Bonchev–Trinajstić information content (AvgIpc) is 3.13. The summed E-state index contributed by atoms with van der Waals surface area (Å²) in [5.41, 5.74) is 1.82. The molecule has 0 saturated carbocycles. The number of para-hydroxylation sites is 1. The first-order chi connectivity index (χ1) is 12.6. The maximum Gasteiger partial charge on any atom is 0.244 e. The first kappa shape index (κ1) is 17.0. The molecular formula is C22H25N2O2+. The van der Waals surface area contributed by atoms with Crippen LogP contribution >= 0.6 is 0 Å². The molecule has 0 bridgehead atoms. The molecule has 26 heavy (non-hydrogen) atoms. The summed E-state index contributed by atoms with van der Waals surface area (Å²) in [6.45, 7) is 4.35. The summed E-state index contributed by atoms with van der Waals surface area (Å²) >= 11 is 0. The van der Waals surface area contributed by atoms with E-state index < -0.39 is 0 Å². The molecule has 2 fully saturated rings. The molecule has 2 aliphatic heterocycles. The molecule has 2 aromatic rings. The van der Waals surface area contributed by atoms with E-state index in [0.29, 0.717) is 11.6 Å². The van der Waals surface area contributed by atoms with E-state index in [1.54, 1.807) is 0 Å². The van der Waals surface area contributed by atoms with Gasteiger partial charge in [0.25, 0.3) is 0 Å². The van der Waals surface area contributed by atoms with Gasteiger partial charge in [-0.25, -0.2) is 4.90 Å². The summed E-state index contributed by atoms with van der Waals surface area (Å²) in [5, 5.41) is 2.27. The van der Waals surface area contributed by atoms with Crippen LogP contribution in [-0.2, 0) is 9.59 Å². The number of hydrogen-bond acceptors (Lipinski definition) is 2. The van der Waals surface area contributed by atoms with Gasteiger partial charge in [-0.05, 0) is 18.1 Å². The zero-order valence-corrected chi connectivity index (χ0v) is 15.2. The van der Waals surface area contributed by atoms with Gasteiger partial charge in [-0.3, -0.25) is 9.59 Å². The molecule has 2 N–H and O–H groups in total. The SMILES string of the molecule is CC(C)C[C@@H]1[NH2+][C@@H](c2ccccc2)[C@H]2C(=O)N(c3ccccc3)C(=O)[C@H]21. The van der Waals surface area contributed by atoms with E-state index in [2.05, 4.69) is 31.3 Å². The Morgan fingerprint density at radius 2 is 1.46 bits per heavy atom. The Bertz CT molecular complexity index is 803. The minimum absolute atomic E-state index is 0.00936. The van der Waals surface area contributed by atoms with Gasteiger partial charge in [0.2, 0.25) is 11.8 Å². The van der Waals surface area contributed by atoms with E-state index in [1.165, 1.54) is 4.90 Å². The monoisotopic (exact) mass is 349 g/mol. The lowest BCUT2D eigenvalue weighted by Gasteiger charge is -2.21. The minimum Gasteiger partial charge on any atom is -0.336 e. The molecule has 2 amide bonds. The van der Waals surface area contributed by atoms with Crippen LogP contribution in [0.2, 0.25) is 0 Å². The molecule has 4 atom stereocenters. The summed E-state index contributed by atoms with van der Waals surface area (Å²) in [5.74, 6) is -0.127. The second kappa shape index (κ2) is 6.69.